The average Bonchev–Trinajstić information content (AvgIpc) is 2.43. The summed E-state index contributed by atoms with van der Waals surface area (Å²) in [5.41, 5.74) is 0.580. The predicted octanol–water partition coefficient (Wildman–Crippen LogP) is 1.90. The van der Waals surface area contributed by atoms with Gasteiger partial charge in [-0.1, -0.05) is 12.8 Å². The minimum Gasteiger partial charge on any atom is -0.393 e. The van der Waals surface area contributed by atoms with Crippen LogP contribution < -0.4 is 10.6 Å². The van der Waals surface area contributed by atoms with Gasteiger partial charge < -0.3 is 15.7 Å². The van der Waals surface area contributed by atoms with E-state index in [2.05, 4.69) is 10.6 Å². The summed E-state index contributed by atoms with van der Waals surface area (Å²) < 4.78 is 12.7. The van der Waals surface area contributed by atoms with Crippen LogP contribution in [0.2, 0.25) is 0 Å². The maximum absolute atomic E-state index is 12.7. The lowest BCUT2D eigenvalue weighted by Crippen LogP contribution is -2.37. The third-order valence-electron chi connectivity index (χ3n) is 3.69. The molecule has 20 heavy (non-hydrogen) atoms. The van der Waals surface area contributed by atoms with Crippen LogP contribution in [0, 0.1) is 11.7 Å². The van der Waals surface area contributed by atoms with Crippen molar-refractivity contribution in [2.24, 2.45) is 5.92 Å². The number of amides is 1. The fourth-order valence-electron chi connectivity index (χ4n) is 2.54. The predicted molar refractivity (Wildman–Crippen MR) is 75.9 cm³/mol. The second-order valence-corrected chi connectivity index (χ2v) is 5.30. The van der Waals surface area contributed by atoms with Crippen molar-refractivity contribution in [3.8, 4) is 0 Å². The maximum atomic E-state index is 12.7. The molecule has 0 bridgehead atoms. The van der Waals surface area contributed by atoms with E-state index in [0.717, 1.165) is 25.7 Å². The quantitative estimate of drug-likeness (QED) is 0.772. The van der Waals surface area contributed by atoms with Crippen LogP contribution in [0.25, 0.3) is 0 Å². The van der Waals surface area contributed by atoms with Gasteiger partial charge in [0.15, 0.2) is 0 Å². The molecule has 2 unspecified atom stereocenters. The second-order valence-electron chi connectivity index (χ2n) is 5.30. The molecule has 1 fully saturated rings. The molecular weight excluding hydrogens is 259 g/mol. The van der Waals surface area contributed by atoms with E-state index in [9.17, 15) is 14.3 Å². The Morgan fingerprint density at radius 2 is 1.95 bits per heavy atom. The summed E-state index contributed by atoms with van der Waals surface area (Å²) in [6, 6.07) is 5.67. The molecule has 1 aliphatic rings. The molecule has 2 atom stereocenters. The second kappa shape index (κ2) is 7.36. The van der Waals surface area contributed by atoms with Crippen molar-refractivity contribution < 1.29 is 14.3 Å². The lowest BCUT2D eigenvalue weighted by atomic mass is 9.86. The molecule has 0 aromatic heterocycles. The van der Waals surface area contributed by atoms with E-state index in [1.54, 1.807) is 0 Å². The topological polar surface area (TPSA) is 61.4 Å². The molecule has 2 rings (SSSR count). The molecule has 1 aliphatic carbocycles. The molecule has 1 aromatic carbocycles. The van der Waals surface area contributed by atoms with E-state index in [4.69, 9.17) is 0 Å². The number of aliphatic hydroxyl groups is 1. The van der Waals surface area contributed by atoms with E-state index in [1.807, 2.05) is 0 Å². The van der Waals surface area contributed by atoms with Gasteiger partial charge in [0.2, 0.25) is 5.91 Å². The van der Waals surface area contributed by atoms with E-state index in [-0.39, 0.29) is 30.3 Å². The first-order valence-corrected chi connectivity index (χ1v) is 7.09. The summed E-state index contributed by atoms with van der Waals surface area (Å²) in [6.45, 7) is 0.846. The van der Waals surface area contributed by atoms with Crippen molar-refractivity contribution in [2.75, 3.05) is 18.4 Å². The first-order valence-electron chi connectivity index (χ1n) is 7.09. The Hall–Kier alpha value is -1.46. The van der Waals surface area contributed by atoms with Crippen LogP contribution in [0.1, 0.15) is 25.7 Å². The molecule has 0 radical (unpaired) electrons. The number of rotatable bonds is 5. The third-order valence-corrected chi connectivity index (χ3v) is 3.69. The van der Waals surface area contributed by atoms with Crippen molar-refractivity contribution in [2.45, 2.75) is 31.8 Å². The summed E-state index contributed by atoms with van der Waals surface area (Å²) >= 11 is 0. The Labute approximate surface area is 118 Å². The molecule has 1 amide bonds. The Morgan fingerprint density at radius 1 is 1.25 bits per heavy atom. The highest BCUT2D eigenvalue weighted by Crippen LogP contribution is 2.23. The zero-order valence-corrected chi connectivity index (χ0v) is 11.4. The van der Waals surface area contributed by atoms with Gasteiger partial charge in [-0.05, 0) is 43.0 Å². The van der Waals surface area contributed by atoms with Crippen molar-refractivity contribution in [1.29, 1.82) is 0 Å². The lowest BCUT2D eigenvalue weighted by molar-refractivity contribution is -0.115. The number of hydrogen-bond acceptors (Lipinski definition) is 3. The molecule has 3 N–H and O–H groups in total. The molecule has 1 aromatic rings. The summed E-state index contributed by atoms with van der Waals surface area (Å²) in [5, 5.41) is 15.6. The highest BCUT2D eigenvalue weighted by Gasteiger charge is 2.22. The Balaban J connectivity index is 1.68. The van der Waals surface area contributed by atoms with Crippen LogP contribution in [0.15, 0.2) is 24.3 Å². The normalized spacial score (nSPS) is 22.5. The molecule has 0 saturated heterocycles. The highest BCUT2D eigenvalue weighted by molar-refractivity contribution is 5.92. The fourth-order valence-corrected chi connectivity index (χ4v) is 2.54. The molecule has 5 heteroatoms. The molecule has 0 heterocycles. The number of carbonyl (C=O) groups excluding carboxylic acids is 1. The molecule has 4 nitrogen and oxygen atoms in total. The van der Waals surface area contributed by atoms with Gasteiger partial charge in [0.05, 0.1) is 12.6 Å². The zero-order chi connectivity index (χ0) is 14.4. The minimum absolute atomic E-state index is 0.165. The number of aliphatic hydroxyl groups excluding tert-OH is 1. The van der Waals surface area contributed by atoms with Crippen molar-refractivity contribution in [3.05, 3.63) is 30.1 Å². The highest BCUT2D eigenvalue weighted by atomic mass is 19.1. The third kappa shape index (κ3) is 4.58. The molecule has 1 saturated carbocycles. The van der Waals surface area contributed by atoms with Crippen molar-refractivity contribution in [3.63, 3.8) is 0 Å². The van der Waals surface area contributed by atoms with Gasteiger partial charge >= 0.3 is 0 Å². The number of halogens is 1. The van der Waals surface area contributed by atoms with Crippen LogP contribution in [0.4, 0.5) is 10.1 Å². The average molecular weight is 280 g/mol. The van der Waals surface area contributed by atoms with Gasteiger partial charge in [-0.15, -0.1) is 0 Å². The first-order chi connectivity index (χ1) is 9.65. The number of carbonyl (C=O) groups is 1. The fraction of sp³-hybridized carbons (Fsp3) is 0.533. The monoisotopic (exact) mass is 280 g/mol. The van der Waals surface area contributed by atoms with Crippen LogP contribution in [0.3, 0.4) is 0 Å². The van der Waals surface area contributed by atoms with Gasteiger partial charge in [-0.3, -0.25) is 4.79 Å². The van der Waals surface area contributed by atoms with Gasteiger partial charge in [0.1, 0.15) is 5.82 Å². The smallest absolute Gasteiger partial charge is 0.238 e. The van der Waals surface area contributed by atoms with Gasteiger partial charge in [0.25, 0.3) is 0 Å². The summed E-state index contributed by atoms with van der Waals surface area (Å²) in [5.74, 6) is -0.253. The minimum atomic E-state index is -0.326. The number of nitrogens with one attached hydrogen (secondary N) is 2. The first kappa shape index (κ1) is 14.9. The standard InChI is InChI=1S/C15H21FN2O2/c16-12-5-7-13(8-6-12)18-15(20)10-17-9-11-3-1-2-4-14(11)19/h5-8,11,14,17,19H,1-4,9-10H2,(H,18,20). The zero-order valence-electron chi connectivity index (χ0n) is 11.4. The lowest BCUT2D eigenvalue weighted by Gasteiger charge is -2.27. The van der Waals surface area contributed by atoms with Crippen LogP contribution in [-0.2, 0) is 4.79 Å². The van der Waals surface area contributed by atoms with E-state index in [1.165, 1.54) is 24.3 Å². The summed E-state index contributed by atoms with van der Waals surface area (Å²) in [7, 11) is 0. The molecule has 0 spiro atoms. The van der Waals surface area contributed by atoms with Crippen LogP contribution >= 0.6 is 0 Å². The van der Waals surface area contributed by atoms with E-state index >= 15 is 0 Å². The largest absolute Gasteiger partial charge is 0.393 e. The van der Waals surface area contributed by atoms with Gasteiger partial charge in [0, 0.05) is 12.2 Å². The number of benzene rings is 1. The van der Waals surface area contributed by atoms with E-state index in [0.29, 0.717) is 12.2 Å². The number of anilines is 1. The Morgan fingerprint density at radius 3 is 2.65 bits per heavy atom. The molecule has 0 aliphatic heterocycles. The van der Waals surface area contributed by atoms with Crippen molar-refractivity contribution in [1.82, 2.24) is 5.32 Å². The maximum Gasteiger partial charge on any atom is 0.238 e. The number of hydrogen-bond donors (Lipinski definition) is 3. The SMILES string of the molecule is O=C(CNCC1CCCCC1O)Nc1ccc(F)cc1. The summed E-state index contributed by atoms with van der Waals surface area (Å²) in [6.07, 6.45) is 3.84. The summed E-state index contributed by atoms with van der Waals surface area (Å²) in [4.78, 5) is 11.7. The molecular formula is C15H21FN2O2. The Bertz CT molecular complexity index is 436. The van der Waals surface area contributed by atoms with Gasteiger partial charge in [-0.25, -0.2) is 4.39 Å². The van der Waals surface area contributed by atoms with Crippen LogP contribution in [0.5, 0.6) is 0 Å². The molecule has 110 valence electrons. The van der Waals surface area contributed by atoms with E-state index < -0.39 is 0 Å². The van der Waals surface area contributed by atoms with Gasteiger partial charge in [-0.2, -0.15) is 0 Å². The Kier molecular flexibility index (Phi) is 5.49. The van der Waals surface area contributed by atoms with Crippen LogP contribution in [-0.4, -0.2) is 30.2 Å². The van der Waals surface area contributed by atoms with Crippen molar-refractivity contribution >= 4 is 11.6 Å².